The number of carbonyl (C=O) groups excluding carboxylic acids is 1. The van der Waals surface area contributed by atoms with Gasteiger partial charge in [0.05, 0.1) is 18.0 Å². The minimum atomic E-state index is -1.10. The van der Waals surface area contributed by atoms with Crippen LogP contribution in [0.4, 0.5) is 26.7 Å². The van der Waals surface area contributed by atoms with E-state index in [1.807, 2.05) is 12.1 Å². The van der Waals surface area contributed by atoms with E-state index in [0.29, 0.717) is 35.8 Å². The van der Waals surface area contributed by atoms with Gasteiger partial charge in [0.25, 0.3) is 0 Å². The number of hydrogen-bond acceptors (Lipinski definition) is 5. The summed E-state index contributed by atoms with van der Waals surface area (Å²) in [4.78, 5) is 23.9. The van der Waals surface area contributed by atoms with Crippen LogP contribution in [0.1, 0.15) is 26.3 Å². The molecule has 2 aromatic carbocycles. The molecule has 0 spiro atoms. The molecule has 4 N–H and O–H groups in total. The Morgan fingerprint density at radius 2 is 1.79 bits per heavy atom. The van der Waals surface area contributed by atoms with Gasteiger partial charge in [-0.25, -0.2) is 9.59 Å². The highest BCUT2D eigenvalue weighted by atomic mass is 16.6. The van der Waals surface area contributed by atoms with E-state index >= 15 is 0 Å². The van der Waals surface area contributed by atoms with Crippen molar-refractivity contribution in [3.05, 3.63) is 48.0 Å². The van der Waals surface area contributed by atoms with Crippen molar-refractivity contribution in [2.75, 3.05) is 29.6 Å². The Labute approximate surface area is 170 Å². The Morgan fingerprint density at radius 3 is 2.38 bits per heavy atom. The van der Waals surface area contributed by atoms with Crippen molar-refractivity contribution in [2.24, 2.45) is 0 Å². The number of nitrogens with one attached hydrogen (secondary N) is 1. The summed E-state index contributed by atoms with van der Waals surface area (Å²) in [5.74, 6) is 0.533. The third kappa shape index (κ3) is 6.91. The number of nitrogens with zero attached hydrogens (tertiary/aromatic N) is 1. The molecule has 0 saturated heterocycles. The number of amides is 2. The van der Waals surface area contributed by atoms with Crippen LogP contribution in [0.5, 0.6) is 5.75 Å². The van der Waals surface area contributed by atoms with Crippen molar-refractivity contribution in [3.8, 4) is 5.75 Å². The van der Waals surface area contributed by atoms with E-state index in [4.69, 9.17) is 20.3 Å². The maximum Gasteiger partial charge on any atom is 0.412 e. The molecule has 156 valence electrons. The van der Waals surface area contributed by atoms with Crippen molar-refractivity contribution in [3.63, 3.8) is 0 Å². The molecule has 2 aromatic rings. The lowest BCUT2D eigenvalue weighted by Gasteiger charge is -2.19. The number of benzene rings is 2. The highest BCUT2D eigenvalue weighted by Crippen LogP contribution is 2.27. The zero-order valence-electron chi connectivity index (χ0n) is 17.1. The third-order valence-corrected chi connectivity index (χ3v) is 3.91. The van der Waals surface area contributed by atoms with E-state index in [0.717, 1.165) is 10.5 Å². The number of anilines is 3. The van der Waals surface area contributed by atoms with Crippen LogP contribution in [-0.4, -0.2) is 36.5 Å². The molecule has 2 rings (SSSR count). The number of hydrogen-bond donors (Lipinski definition) is 3. The number of nitrogen functional groups attached to an aromatic ring is 1. The van der Waals surface area contributed by atoms with Crippen LogP contribution in [0.25, 0.3) is 0 Å². The van der Waals surface area contributed by atoms with Crippen molar-refractivity contribution in [1.82, 2.24) is 0 Å². The van der Waals surface area contributed by atoms with E-state index in [9.17, 15) is 9.59 Å². The monoisotopic (exact) mass is 401 g/mol. The Balaban J connectivity index is 1.89. The van der Waals surface area contributed by atoms with E-state index in [1.165, 1.54) is 7.05 Å². The number of rotatable bonds is 6. The molecule has 0 fully saturated rings. The Hall–Kier alpha value is -3.42. The summed E-state index contributed by atoms with van der Waals surface area (Å²) in [6, 6.07) is 12.3. The first kappa shape index (κ1) is 21.9. The molecule has 0 atom stereocenters. The average molecular weight is 401 g/mol. The van der Waals surface area contributed by atoms with Gasteiger partial charge in [-0.2, -0.15) is 0 Å². The molecule has 0 aliphatic rings. The molecule has 0 heterocycles. The van der Waals surface area contributed by atoms with Crippen LogP contribution in [0, 0.1) is 0 Å². The number of ether oxygens (including phenoxy) is 2. The zero-order valence-corrected chi connectivity index (χ0v) is 17.1. The van der Waals surface area contributed by atoms with Gasteiger partial charge in [-0.1, -0.05) is 12.1 Å². The summed E-state index contributed by atoms with van der Waals surface area (Å²) < 4.78 is 10.9. The fourth-order valence-corrected chi connectivity index (χ4v) is 2.47. The molecule has 2 amide bonds. The van der Waals surface area contributed by atoms with Gasteiger partial charge in [0.15, 0.2) is 0 Å². The molecular weight excluding hydrogens is 374 g/mol. The first-order valence-corrected chi connectivity index (χ1v) is 9.13. The van der Waals surface area contributed by atoms with Crippen LogP contribution in [0.3, 0.4) is 0 Å². The molecular formula is C21H27N3O5. The molecule has 0 radical (unpaired) electrons. The number of carboxylic acid groups (broad SMARTS) is 1. The van der Waals surface area contributed by atoms with Crippen molar-refractivity contribution in [1.29, 1.82) is 0 Å². The van der Waals surface area contributed by atoms with Crippen LogP contribution in [0.2, 0.25) is 0 Å². The second-order valence-electron chi connectivity index (χ2n) is 7.48. The predicted octanol–water partition coefficient (Wildman–Crippen LogP) is 4.35. The largest absolute Gasteiger partial charge is 0.493 e. The Morgan fingerprint density at radius 1 is 1.14 bits per heavy atom. The first-order chi connectivity index (χ1) is 13.5. The summed E-state index contributed by atoms with van der Waals surface area (Å²) in [7, 11) is 1.42. The SMILES string of the molecule is CN(C(=O)O)c1cc(OCCc2ccc(NC(=O)OC(C)(C)C)cc2)ccc1N. The number of carbonyl (C=O) groups is 2. The van der Waals surface area contributed by atoms with Crippen molar-refractivity contribution < 1.29 is 24.2 Å². The second-order valence-corrected chi connectivity index (χ2v) is 7.48. The lowest BCUT2D eigenvalue weighted by molar-refractivity contribution is 0.0636. The van der Waals surface area contributed by atoms with E-state index in [2.05, 4.69) is 5.32 Å². The van der Waals surface area contributed by atoms with Crippen LogP contribution < -0.4 is 20.7 Å². The molecule has 29 heavy (non-hydrogen) atoms. The van der Waals surface area contributed by atoms with Gasteiger partial charge in [0.2, 0.25) is 0 Å². The molecule has 0 saturated carbocycles. The fraction of sp³-hybridized carbons (Fsp3) is 0.333. The smallest absolute Gasteiger partial charge is 0.412 e. The standard InChI is InChI=1S/C21H27N3O5/c1-21(2,3)29-19(25)23-15-7-5-14(6-8-15)11-12-28-16-9-10-17(22)18(13-16)24(4)20(26)27/h5-10,13H,11-12,22H2,1-4H3,(H,23,25)(H,26,27). The second kappa shape index (κ2) is 9.18. The molecule has 0 aliphatic heterocycles. The predicted molar refractivity (Wildman–Crippen MR) is 113 cm³/mol. The highest BCUT2D eigenvalue weighted by molar-refractivity contribution is 5.90. The van der Waals surface area contributed by atoms with Crippen molar-refractivity contribution in [2.45, 2.75) is 32.8 Å². The third-order valence-electron chi connectivity index (χ3n) is 3.91. The maximum atomic E-state index is 11.8. The summed E-state index contributed by atoms with van der Waals surface area (Å²) in [6.45, 7) is 5.82. The Kier molecular flexibility index (Phi) is 6.93. The molecule has 0 aromatic heterocycles. The number of nitrogens with two attached hydrogens (primary N) is 1. The van der Waals surface area contributed by atoms with Gasteiger partial charge in [-0.15, -0.1) is 0 Å². The van der Waals surface area contributed by atoms with Crippen LogP contribution >= 0.6 is 0 Å². The molecule has 0 bridgehead atoms. The fourth-order valence-electron chi connectivity index (χ4n) is 2.47. The lowest BCUT2D eigenvalue weighted by Crippen LogP contribution is -2.27. The van der Waals surface area contributed by atoms with Gasteiger partial charge >= 0.3 is 12.2 Å². The van der Waals surface area contributed by atoms with E-state index < -0.39 is 17.8 Å². The molecule has 8 heteroatoms. The molecule has 0 aliphatic carbocycles. The summed E-state index contributed by atoms with van der Waals surface area (Å²) in [6.07, 6.45) is -0.964. The van der Waals surface area contributed by atoms with Gasteiger partial charge in [0, 0.05) is 25.2 Å². The first-order valence-electron chi connectivity index (χ1n) is 9.13. The lowest BCUT2D eigenvalue weighted by atomic mass is 10.1. The van der Waals surface area contributed by atoms with Crippen LogP contribution in [-0.2, 0) is 11.2 Å². The van der Waals surface area contributed by atoms with Gasteiger partial charge in [0.1, 0.15) is 11.4 Å². The molecule has 0 unspecified atom stereocenters. The normalized spacial score (nSPS) is 10.9. The summed E-state index contributed by atoms with van der Waals surface area (Å²) in [5, 5.41) is 11.8. The zero-order chi connectivity index (χ0) is 21.6. The maximum absolute atomic E-state index is 11.8. The summed E-state index contributed by atoms with van der Waals surface area (Å²) in [5.41, 5.74) is 7.67. The Bertz CT molecular complexity index is 860. The minimum Gasteiger partial charge on any atom is -0.493 e. The van der Waals surface area contributed by atoms with Gasteiger partial charge in [-0.05, 0) is 50.6 Å². The van der Waals surface area contributed by atoms with E-state index in [-0.39, 0.29) is 0 Å². The molecule has 8 nitrogen and oxygen atoms in total. The average Bonchev–Trinajstić information content (AvgIpc) is 2.62. The van der Waals surface area contributed by atoms with Crippen molar-refractivity contribution >= 4 is 29.2 Å². The summed E-state index contributed by atoms with van der Waals surface area (Å²) >= 11 is 0. The van der Waals surface area contributed by atoms with Gasteiger partial charge in [-0.3, -0.25) is 10.2 Å². The quantitative estimate of drug-likeness (QED) is 0.620. The van der Waals surface area contributed by atoms with Crippen LogP contribution in [0.15, 0.2) is 42.5 Å². The van der Waals surface area contributed by atoms with E-state index in [1.54, 1.807) is 51.1 Å². The topological polar surface area (TPSA) is 114 Å². The minimum absolute atomic E-state index is 0.357. The highest BCUT2D eigenvalue weighted by Gasteiger charge is 2.16. The van der Waals surface area contributed by atoms with Gasteiger partial charge < -0.3 is 20.3 Å².